The van der Waals surface area contributed by atoms with Gasteiger partial charge in [0, 0.05) is 15.5 Å². The van der Waals surface area contributed by atoms with Crippen molar-refractivity contribution in [1.29, 1.82) is 0 Å². The third-order valence-electron chi connectivity index (χ3n) is 3.36. The molecule has 0 aliphatic carbocycles. The highest BCUT2D eigenvalue weighted by Gasteiger charge is 2.16. The number of benzene rings is 2. The van der Waals surface area contributed by atoms with E-state index in [1.807, 2.05) is 6.92 Å². The van der Waals surface area contributed by atoms with Crippen LogP contribution in [0.2, 0.25) is 5.02 Å². The molecule has 0 N–H and O–H groups in total. The third-order valence-corrected chi connectivity index (χ3v) is 4.72. The van der Waals surface area contributed by atoms with Crippen molar-refractivity contribution in [3.05, 3.63) is 64.7 Å². The van der Waals surface area contributed by atoms with Crippen LogP contribution in [0.5, 0.6) is 0 Å². The minimum Gasteiger partial charge on any atom is -0.293 e. The van der Waals surface area contributed by atoms with Gasteiger partial charge in [0.2, 0.25) is 0 Å². The van der Waals surface area contributed by atoms with Crippen molar-refractivity contribution in [2.45, 2.75) is 36.8 Å². The van der Waals surface area contributed by atoms with Gasteiger partial charge in [0.15, 0.2) is 5.78 Å². The summed E-state index contributed by atoms with van der Waals surface area (Å²) in [6, 6.07) is 15.5. The molecule has 21 heavy (non-hydrogen) atoms. The van der Waals surface area contributed by atoms with Crippen molar-refractivity contribution in [3.63, 3.8) is 0 Å². The van der Waals surface area contributed by atoms with Crippen LogP contribution < -0.4 is 0 Å². The molecule has 0 aliphatic heterocycles. The molecule has 1 atom stereocenters. The Labute approximate surface area is 135 Å². The fourth-order valence-electron chi connectivity index (χ4n) is 2.04. The lowest BCUT2D eigenvalue weighted by Crippen LogP contribution is -2.13. The Morgan fingerprint density at radius 2 is 1.52 bits per heavy atom. The fraction of sp³-hybridized carbons (Fsp3) is 0.278. The molecule has 2 aromatic rings. The molecule has 0 radical (unpaired) electrons. The zero-order chi connectivity index (χ0) is 15.4. The predicted molar refractivity (Wildman–Crippen MR) is 91.6 cm³/mol. The molecule has 3 heteroatoms. The topological polar surface area (TPSA) is 17.1 Å². The Kier molecular flexibility index (Phi) is 5.49. The Morgan fingerprint density at radius 1 is 0.952 bits per heavy atom. The Bertz CT molecular complexity index is 602. The van der Waals surface area contributed by atoms with E-state index < -0.39 is 0 Å². The molecule has 0 spiro atoms. The molecule has 0 heterocycles. The van der Waals surface area contributed by atoms with Crippen molar-refractivity contribution in [2.75, 3.05) is 0 Å². The molecule has 0 aliphatic rings. The predicted octanol–water partition coefficient (Wildman–Crippen LogP) is 5.83. The lowest BCUT2D eigenvalue weighted by atomic mass is 10.0. The maximum atomic E-state index is 12.4. The summed E-state index contributed by atoms with van der Waals surface area (Å²) in [5, 5.41) is 0.534. The van der Waals surface area contributed by atoms with Crippen LogP contribution in [0.1, 0.15) is 42.6 Å². The van der Waals surface area contributed by atoms with Gasteiger partial charge in [0.1, 0.15) is 0 Å². The van der Waals surface area contributed by atoms with E-state index in [4.69, 9.17) is 11.6 Å². The zero-order valence-corrected chi connectivity index (χ0v) is 14.0. The van der Waals surface area contributed by atoms with Crippen molar-refractivity contribution >= 4 is 29.1 Å². The molecular formula is C18H19ClOS. The Balaban J connectivity index is 2.05. The van der Waals surface area contributed by atoms with Gasteiger partial charge in [-0.05, 0) is 54.8 Å². The maximum absolute atomic E-state index is 12.4. The zero-order valence-electron chi connectivity index (χ0n) is 12.5. The molecule has 110 valence electrons. The van der Waals surface area contributed by atoms with Crippen molar-refractivity contribution in [2.24, 2.45) is 0 Å². The first-order valence-corrected chi connectivity index (χ1v) is 8.29. The molecule has 0 saturated carbocycles. The molecule has 2 aromatic carbocycles. The summed E-state index contributed by atoms with van der Waals surface area (Å²) in [6.07, 6.45) is 0. The van der Waals surface area contributed by atoms with Gasteiger partial charge >= 0.3 is 0 Å². The van der Waals surface area contributed by atoms with Crippen LogP contribution in [0.3, 0.4) is 0 Å². The number of ketones is 1. The molecule has 0 aromatic heterocycles. The first-order chi connectivity index (χ1) is 9.97. The summed E-state index contributed by atoms with van der Waals surface area (Å²) >= 11 is 7.44. The van der Waals surface area contributed by atoms with Gasteiger partial charge in [0.25, 0.3) is 0 Å². The van der Waals surface area contributed by atoms with Crippen molar-refractivity contribution < 1.29 is 4.79 Å². The largest absolute Gasteiger partial charge is 0.293 e. The maximum Gasteiger partial charge on any atom is 0.175 e. The van der Waals surface area contributed by atoms with Crippen LogP contribution in [0.15, 0.2) is 53.4 Å². The quantitative estimate of drug-likeness (QED) is 0.510. The van der Waals surface area contributed by atoms with Crippen LogP contribution >= 0.6 is 23.4 Å². The van der Waals surface area contributed by atoms with Crippen LogP contribution in [-0.4, -0.2) is 11.0 Å². The van der Waals surface area contributed by atoms with E-state index in [-0.39, 0.29) is 11.0 Å². The highest BCUT2D eigenvalue weighted by Crippen LogP contribution is 2.27. The fourth-order valence-corrected chi connectivity index (χ4v) is 3.11. The second-order valence-electron chi connectivity index (χ2n) is 5.35. The molecular weight excluding hydrogens is 300 g/mol. The number of rotatable bonds is 5. The normalized spacial score (nSPS) is 12.4. The lowest BCUT2D eigenvalue weighted by Gasteiger charge is -2.12. The summed E-state index contributed by atoms with van der Waals surface area (Å²) in [6.45, 7) is 6.29. The molecule has 0 fully saturated rings. The third kappa shape index (κ3) is 4.36. The highest BCUT2D eigenvalue weighted by atomic mass is 35.5. The number of halogens is 1. The average Bonchev–Trinajstić information content (AvgIpc) is 2.47. The summed E-state index contributed by atoms with van der Waals surface area (Å²) in [5.41, 5.74) is 2.02. The van der Waals surface area contributed by atoms with E-state index in [1.54, 1.807) is 36.0 Å². The summed E-state index contributed by atoms with van der Waals surface area (Å²) in [5.74, 6) is 0.654. The van der Waals surface area contributed by atoms with E-state index in [9.17, 15) is 4.79 Å². The lowest BCUT2D eigenvalue weighted by molar-refractivity contribution is 0.0994. The van der Waals surface area contributed by atoms with Gasteiger partial charge in [0.05, 0.1) is 5.25 Å². The summed E-state index contributed by atoms with van der Waals surface area (Å²) < 4.78 is 0. The number of hydrogen-bond acceptors (Lipinski definition) is 2. The van der Waals surface area contributed by atoms with E-state index in [2.05, 4.69) is 38.1 Å². The summed E-state index contributed by atoms with van der Waals surface area (Å²) in [7, 11) is 0. The number of carbonyl (C=O) groups excluding carboxylic acids is 1. The van der Waals surface area contributed by atoms with Gasteiger partial charge in [-0.1, -0.05) is 37.6 Å². The molecule has 0 bridgehead atoms. The first kappa shape index (κ1) is 16.1. The van der Waals surface area contributed by atoms with Gasteiger partial charge in [-0.25, -0.2) is 0 Å². The summed E-state index contributed by atoms with van der Waals surface area (Å²) in [4.78, 5) is 13.5. The minimum absolute atomic E-state index is 0.115. The first-order valence-electron chi connectivity index (χ1n) is 7.04. The smallest absolute Gasteiger partial charge is 0.175 e. The average molecular weight is 319 g/mol. The standard InChI is InChI=1S/C18H19ClOS/c1-12(2)14-6-10-17(11-7-14)21-13(3)18(20)15-4-8-16(19)9-5-15/h4-13H,1-3H3. The van der Waals surface area contributed by atoms with E-state index in [0.717, 1.165) is 4.90 Å². The van der Waals surface area contributed by atoms with Crippen LogP contribution in [-0.2, 0) is 0 Å². The second-order valence-corrected chi connectivity index (χ2v) is 7.21. The number of Topliss-reactive ketones (excluding diaryl/α,β-unsaturated/α-hetero) is 1. The van der Waals surface area contributed by atoms with Gasteiger partial charge in [-0.15, -0.1) is 11.8 Å². The number of hydrogen-bond donors (Lipinski definition) is 0. The Morgan fingerprint density at radius 3 is 2.05 bits per heavy atom. The van der Waals surface area contributed by atoms with Crippen molar-refractivity contribution in [3.8, 4) is 0 Å². The van der Waals surface area contributed by atoms with Gasteiger partial charge < -0.3 is 0 Å². The number of carbonyl (C=O) groups is 1. The molecule has 0 amide bonds. The van der Waals surface area contributed by atoms with Crippen LogP contribution in [0.25, 0.3) is 0 Å². The molecule has 1 unspecified atom stereocenters. The van der Waals surface area contributed by atoms with Crippen LogP contribution in [0, 0.1) is 0 Å². The van der Waals surface area contributed by atoms with E-state index in [0.29, 0.717) is 16.5 Å². The van der Waals surface area contributed by atoms with Crippen LogP contribution in [0.4, 0.5) is 0 Å². The molecule has 2 rings (SSSR count). The highest BCUT2D eigenvalue weighted by molar-refractivity contribution is 8.00. The van der Waals surface area contributed by atoms with Crippen molar-refractivity contribution in [1.82, 2.24) is 0 Å². The van der Waals surface area contributed by atoms with Gasteiger partial charge in [-0.3, -0.25) is 4.79 Å². The van der Waals surface area contributed by atoms with E-state index in [1.165, 1.54) is 5.56 Å². The molecule has 0 saturated heterocycles. The monoisotopic (exact) mass is 318 g/mol. The SMILES string of the molecule is CC(Sc1ccc(C(C)C)cc1)C(=O)c1ccc(Cl)cc1. The second kappa shape index (κ2) is 7.15. The molecule has 1 nitrogen and oxygen atoms in total. The Hall–Kier alpha value is -1.25. The van der Waals surface area contributed by atoms with Gasteiger partial charge in [-0.2, -0.15) is 0 Å². The number of thioether (sulfide) groups is 1. The minimum atomic E-state index is -0.115. The van der Waals surface area contributed by atoms with E-state index >= 15 is 0 Å².